The lowest BCUT2D eigenvalue weighted by molar-refractivity contribution is -0.139. The van der Waals surface area contributed by atoms with Gasteiger partial charge in [-0.25, -0.2) is 0 Å². The molecule has 0 radical (unpaired) electrons. The average molecular weight is 233 g/mol. The normalized spacial score (nSPS) is 17.2. The number of carbonyl (C=O) groups excluding carboxylic acids is 1. The molecule has 0 aliphatic heterocycles. The maximum absolute atomic E-state index is 11.9. The fourth-order valence-corrected chi connectivity index (χ4v) is 2.21. The second-order valence-corrected chi connectivity index (χ2v) is 4.78. The topological polar surface area (TPSA) is 49.3 Å². The molecule has 0 aromatic heterocycles. The summed E-state index contributed by atoms with van der Waals surface area (Å²) in [5.74, 6) is 0.0159. The minimum Gasteiger partial charge on any atom is -0.395 e. The van der Waals surface area contributed by atoms with Crippen LogP contribution in [0, 0.1) is 5.41 Å². The average Bonchev–Trinajstić information content (AvgIpc) is 2.30. The van der Waals surface area contributed by atoms with Gasteiger partial charge in [0.2, 0.25) is 5.91 Å². The molecule has 0 bridgehead atoms. The number of benzene rings is 1. The molecule has 17 heavy (non-hydrogen) atoms. The molecule has 0 saturated heterocycles. The number of amides is 1. The van der Waals surface area contributed by atoms with Crippen LogP contribution in [0.3, 0.4) is 0 Å². The van der Waals surface area contributed by atoms with Gasteiger partial charge in [-0.15, -0.1) is 0 Å². The van der Waals surface area contributed by atoms with E-state index in [1.54, 1.807) is 0 Å². The van der Waals surface area contributed by atoms with Crippen molar-refractivity contribution in [2.24, 2.45) is 5.41 Å². The highest BCUT2D eigenvalue weighted by Gasteiger charge is 2.43. The van der Waals surface area contributed by atoms with Crippen LogP contribution < -0.4 is 5.32 Å². The third-order valence-corrected chi connectivity index (χ3v) is 3.64. The van der Waals surface area contributed by atoms with E-state index in [4.69, 9.17) is 0 Å². The van der Waals surface area contributed by atoms with Gasteiger partial charge in [0.05, 0.1) is 12.0 Å². The first kappa shape index (κ1) is 12.1. The van der Waals surface area contributed by atoms with E-state index in [9.17, 15) is 9.90 Å². The molecule has 1 aromatic carbocycles. The summed E-state index contributed by atoms with van der Waals surface area (Å²) in [5, 5.41) is 12.2. The number of carbonyl (C=O) groups is 1. The third-order valence-electron chi connectivity index (χ3n) is 3.64. The number of nitrogens with one attached hydrogen (secondary N) is 1. The maximum Gasteiger partial charge on any atom is 0.228 e. The van der Waals surface area contributed by atoms with E-state index in [2.05, 4.69) is 17.4 Å². The number of hydrogen-bond donors (Lipinski definition) is 2. The maximum atomic E-state index is 11.9. The minimum absolute atomic E-state index is 0.0159. The van der Waals surface area contributed by atoms with Crippen LogP contribution >= 0.6 is 0 Å². The number of rotatable bonds is 5. The fraction of sp³-hybridized carbons (Fsp3) is 0.500. The zero-order valence-corrected chi connectivity index (χ0v) is 9.98. The van der Waals surface area contributed by atoms with Gasteiger partial charge in [-0.3, -0.25) is 4.79 Å². The van der Waals surface area contributed by atoms with Crippen molar-refractivity contribution in [3.63, 3.8) is 0 Å². The number of hydrogen-bond acceptors (Lipinski definition) is 2. The Morgan fingerprint density at radius 1 is 1.29 bits per heavy atom. The molecule has 92 valence electrons. The molecular formula is C14H19NO2. The molecular weight excluding hydrogens is 214 g/mol. The molecule has 1 aliphatic carbocycles. The molecule has 2 N–H and O–H groups in total. The summed E-state index contributed by atoms with van der Waals surface area (Å²) in [4.78, 5) is 11.9. The third kappa shape index (κ3) is 2.67. The van der Waals surface area contributed by atoms with E-state index in [0.717, 1.165) is 25.7 Å². The van der Waals surface area contributed by atoms with Gasteiger partial charge in [-0.1, -0.05) is 36.8 Å². The Kier molecular flexibility index (Phi) is 3.79. The van der Waals surface area contributed by atoms with E-state index in [1.165, 1.54) is 5.56 Å². The second-order valence-electron chi connectivity index (χ2n) is 4.78. The van der Waals surface area contributed by atoms with Crippen molar-refractivity contribution >= 4 is 5.91 Å². The molecule has 1 saturated carbocycles. The summed E-state index contributed by atoms with van der Waals surface area (Å²) in [7, 11) is 0. The molecule has 1 fully saturated rings. The minimum atomic E-state index is -0.476. The molecule has 0 unspecified atom stereocenters. The van der Waals surface area contributed by atoms with Crippen molar-refractivity contribution in [2.75, 3.05) is 13.2 Å². The summed E-state index contributed by atoms with van der Waals surface area (Å²) >= 11 is 0. The lowest BCUT2D eigenvalue weighted by Gasteiger charge is -2.38. The largest absolute Gasteiger partial charge is 0.395 e. The van der Waals surface area contributed by atoms with Crippen LogP contribution in [0.15, 0.2) is 30.3 Å². The summed E-state index contributed by atoms with van der Waals surface area (Å²) in [5.41, 5.74) is 0.746. The summed E-state index contributed by atoms with van der Waals surface area (Å²) in [6, 6.07) is 10.1. The van der Waals surface area contributed by atoms with Crippen molar-refractivity contribution in [1.29, 1.82) is 0 Å². The highest BCUT2D eigenvalue weighted by molar-refractivity contribution is 5.83. The van der Waals surface area contributed by atoms with E-state index < -0.39 is 5.41 Å². The van der Waals surface area contributed by atoms with Crippen molar-refractivity contribution in [1.82, 2.24) is 5.32 Å². The van der Waals surface area contributed by atoms with Gasteiger partial charge in [0.25, 0.3) is 0 Å². The zero-order chi connectivity index (χ0) is 12.1. The van der Waals surface area contributed by atoms with Gasteiger partial charge in [0.15, 0.2) is 0 Å². The molecule has 0 atom stereocenters. The van der Waals surface area contributed by atoms with Gasteiger partial charge in [0, 0.05) is 6.54 Å². The molecule has 2 rings (SSSR count). The summed E-state index contributed by atoms with van der Waals surface area (Å²) in [6.07, 6.45) is 3.53. The molecule has 0 spiro atoms. The molecule has 1 aliphatic rings. The molecule has 1 amide bonds. The summed E-state index contributed by atoms with van der Waals surface area (Å²) in [6.45, 7) is 0.620. The van der Waals surface area contributed by atoms with Crippen LogP contribution in [0.2, 0.25) is 0 Å². The Labute approximate surface area is 102 Å². The van der Waals surface area contributed by atoms with Crippen LogP contribution in [-0.4, -0.2) is 24.2 Å². The second kappa shape index (κ2) is 5.32. The van der Waals surface area contributed by atoms with Gasteiger partial charge in [0.1, 0.15) is 0 Å². The van der Waals surface area contributed by atoms with E-state index in [-0.39, 0.29) is 12.5 Å². The van der Waals surface area contributed by atoms with Gasteiger partial charge in [-0.2, -0.15) is 0 Å². The Morgan fingerprint density at radius 3 is 2.53 bits per heavy atom. The predicted molar refractivity (Wildman–Crippen MR) is 66.5 cm³/mol. The molecule has 1 aromatic rings. The Bertz CT molecular complexity index is 366. The van der Waals surface area contributed by atoms with Crippen molar-refractivity contribution < 1.29 is 9.90 Å². The predicted octanol–water partition coefficient (Wildman–Crippen LogP) is 1.51. The summed E-state index contributed by atoms with van der Waals surface area (Å²) < 4.78 is 0. The Morgan fingerprint density at radius 2 is 2.00 bits per heavy atom. The number of aliphatic hydroxyl groups excluding tert-OH is 1. The Hall–Kier alpha value is -1.35. The van der Waals surface area contributed by atoms with Gasteiger partial charge < -0.3 is 10.4 Å². The van der Waals surface area contributed by atoms with Crippen molar-refractivity contribution in [3.8, 4) is 0 Å². The highest BCUT2D eigenvalue weighted by atomic mass is 16.3. The quantitative estimate of drug-likeness (QED) is 0.810. The van der Waals surface area contributed by atoms with Crippen molar-refractivity contribution in [2.45, 2.75) is 25.7 Å². The van der Waals surface area contributed by atoms with Crippen LogP contribution in [0.4, 0.5) is 0 Å². The standard InChI is InChI=1S/C14H19NO2/c16-11-14(8-4-9-14)13(17)15-10-7-12-5-2-1-3-6-12/h1-3,5-6,16H,4,7-11H2,(H,15,17). The molecule has 3 heteroatoms. The van der Waals surface area contributed by atoms with E-state index in [0.29, 0.717) is 6.54 Å². The monoisotopic (exact) mass is 233 g/mol. The molecule has 3 nitrogen and oxygen atoms in total. The lowest BCUT2D eigenvalue weighted by Crippen LogP contribution is -2.48. The first-order valence-electron chi connectivity index (χ1n) is 6.20. The smallest absolute Gasteiger partial charge is 0.228 e. The van der Waals surface area contributed by atoms with Crippen molar-refractivity contribution in [3.05, 3.63) is 35.9 Å². The molecule has 0 heterocycles. The first-order chi connectivity index (χ1) is 8.27. The van der Waals surface area contributed by atoms with E-state index >= 15 is 0 Å². The zero-order valence-electron chi connectivity index (χ0n) is 9.98. The van der Waals surface area contributed by atoms with E-state index in [1.807, 2.05) is 18.2 Å². The van der Waals surface area contributed by atoms with Crippen LogP contribution in [0.1, 0.15) is 24.8 Å². The van der Waals surface area contributed by atoms with Crippen LogP contribution in [0.5, 0.6) is 0 Å². The number of aliphatic hydroxyl groups is 1. The van der Waals surface area contributed by atoms with Gasteiger partial charge in [-0.05, 0) is 24.8 Å². The van der Waals surface area contributed by atoms with Crippen LogP contribution in [-0.2, 0) is 11.2 Å². The first-order valence-corrected chi connectivity index (χ1v) is 6.20. The van der Waals surface area contributed by atoms with Gasteiger partial charge >= 0.3 is 0 Å². The Balaban J connectivity index is 1.77. The lowest BCUT2D eigenvalue weighted by atomic mass is 9.68. The fourth-order valence-electron chi connectivity index (χ4n) is 2.21. The van der Waals surface area contributed by atoms with Crippen LogP contribution in [0.25, 0.3) is 0 Å². The highest BCUT2D eigenvalue weighted by Crippen LogP contribution is 2.40. The SMILES string of the molecule is O=C(NCCc1ccccc1)C1(CO)CCC1.